The van der Waals surface area contributed by atoms with Gasteiger partial charge in [0.25, 0.3) is 11.8 Å². The van der Waals surface area contributed by atoms with Gasteiger partial charge in [0, 0.05) is 5.69 Å². The predicted octanol–water partition coefficient (Wildman–Crippen LogP) is 2.96. The molecule has 0 saturated carbocycles. The largest absolute Gasteiger partial charge is 0.325 e. The molecule has 0 fully saturated rings. The molecule has 0 saturated heterocycles. The van der Waals surface area contributed by atoms with Crippen LogP contribution in [0.5, 0.6) is 0 Å². The third-order valence-corrected chi connectivity index (χ3v) is 5.39. The highest BCUT2D eigenvalue weighted by molar-refractivity contribution is 7.10. The van der Waals surface area contributed by atoms with E-state index in [0.717, 1.165) is 11.4 Å². The van der Waals surface area contributed by atoms with E-state index in [4.69, 9.17) is 0 Å². The summed E-state index contributed by atoms with van der Waals surface area (Å²) in [5.41, 5.74) is 2.92. The van der Waals surface area contributed by atoms with Crippen molar-refractivity contribution in [2.24, 2.45) is 0 Å². The average Bonchev–Trinajstić information content (AvgIpc) is 3.07. The summed E-state index contributed by atoms with van der Waals surface area (Å²) in [5, 5.41) is 7.81. The van der Waals surface area contributed by atoms with E-state index in [1.807, 2.05) is 37.4 Å². The molecule has 28 heavy (non-hydrogen) atoms. The number of nitrogens with one attached hydrogen (secondary N) is 3. The number of hydrogen-bond donors (Lipinski definition) is 3. The molecule has 0 aliphatic carbocycles. The van der Waals surface area contributed by atoms with Crippen LogP contribution in [0.4, 0.5) is 11.4 Å². The Morgan fingerprint density at radius 2 is 1.68 bits per heavy atom. The van der Waals surface area contributed by atoms with E-state index < -0.39 is 0 Å². The highest BCUT2D eigenvalue weighted by atomic mass is 32.1. The van der Waals surface area contributed by atoms with Gasteiger partial charge in [-0.05, 0) is 48.2 Å². The summed E-state index contributed by atoms with van der Waals surface area (Å²) in [6, 6.07) is 18.4. The molecule has 3 rings (SSSR count). The molecule has 2 amide bonds. The zero-order chi connectivity index (χ0) is 19.9. The summed E-state index contributed by atoms with van der Waals surface area (Å²) < 4.78 is 0. The quantitative estimate of drug-likeness (QED) is 0.577. The first-order valence-electron chi connectivity index (χ1n) is 9.12. The Kier molecular flexibility index (Phi) is 6.57. The van der Waals surface area contributed by atoms with E-state index in [2.05, 4.69) is 29.0 Å². The van der Waals surface area contributed by atoms with E-state index in [1.54, 1.807) is 35.6 Å². The molecule has 3 N–H and O–H groups in total. The first kappa shape index (κ1) is 19.8. The minimum atomic E-state index is -0.253. The van der Waals surface area contributed by atoms with Crippen LogP contribution in [0.2, 0.25) is 0 Å². The molecule has 1 unspecified atom stereocenters. The summed E-state index contributed by atoms with van der Waals surface area (Å²) >= 11 is 1.71. The second kappa shape index (κ2) is 9.30. The minimum Gasteiger partial charge on any atom is -0.325 e. The van der Waals surface area contributed by atoms with Crippen LogP contribution in [0.3, 0.4) is 0 Å². The minimum absolute atomic E-state index is 0.119. The summed E-state index contributed by atoms with van der Waals surface area (Å²) in [7, 11) is 1.99. The van der Waals surface area contributed by atoms with E-state index in [-0.39, 0.29) is 11.8 Å². The Morgan fingerprint density at radius 1 is 0.964 bits per heavy atom. The van der Waals surface area contributed by atoms with E-state index in [9.17, 15) is 9.59 Å². The number of carbonyl (C=O) groups excluding carboxylic acids is 2. The van der Waals surface area contributed by atoms with Gasteiger partial charge in [0.15, 0.2) is 6.54 Å². The van der Waals surface area contributed by atoms with Gasteiger partial charge in [0.1, 0.15) is 6.54 Å². The number of thiophene rings is 1. The molecular weight excluding hydrogens is 370 g/mol. The van der Waals surface area contributed by atoms with Crippen molar-refractivity contribution in [2.45, 2.75) is 13.5 Å². The standard InChI is InChI=1S/C22H23N3O2S/c1-16-12-13-28-20(16)14-25(2)15-21(26)24-19-11-7-6-10-18(19)22(27)23-17-8-4-3-5-9-17/h3-13H,14-15H2,1-2H3,(H,23,27)(H,24,26)/p+1. The lowest BCUT2D eigenvalue weighted by Gasteiger charge is -2.15. The lowest BCUT2D eigenvalue weighted by Crippen LogP contribution is -3.08. The molecule has 1 heterocycles. The van der Waals surface area contributed by atoms with Crippen molar-refractivity contribution in [2.75, 3.05) is 24.2 Å². The van der Waals surface area contributed by atoms with Crippen LogP contribution < -0.4 is 15.5 Å². The van der Waals surface area contributed by atoms with E-state index in [1.165, 1.54) is 10.4 Å². The van der Waals surface area contributed by atoms with Gasteiger partial charge in [0.05, 0.1) is 23.2 Å². The monoisotopic (exact) mass is 394 g/mol. The average molecular weight is 395 g/mol. The van der Waals surface area contributed by atoms with Crippen molar-refractivity contribution < 1.29 is 14.5 Å². The van der Waals surface area contributed by atoms with Gasteiger partial charge in [-0.3, -0.25) is 9.59 Å². The SMILES string of the molecule is Cc1ccsc1C[NH+](C)CC(=O)Nc1ccccc1C(=O)Nc1ccccc1. The third-order valence-electron chi connectivity index (χ3n) is 4.37. The summed E-state index contributed by atoms with van der Waals surface area (Å²) in [5.74, 6) is -0.372. The molecule has 3 aromatic rings. The number of aryl methyl sites for hydroxylation is 1. The second-order valence-corrected chi connectivity index (χ2v) is 7.75. The first-order chi connectivity index (χ1) is 13.5. The number of quaternary nitrogens is 1. The first-order valence-corrected chi connectivity index (χ1v) is 10.0. The van der Waals surface area contributed by atoms with Crippen molar-refractivity contribution in [3.63, 3.8) is 0 Å². The van der Waals surface area contributed by atoms with Gasteiger partial charge in [-0.25, -0.2) is 0 Å². The highest BCUT2D eigenvalue weighted by Gasteiger charge is 2.16. The van der Waals surface area contributed by atoms with Crippen molar-refractivity contribution in [3.8, 4) is 0 Å². The third kappa shape index (κ3) is 5.28. The number of benzene rings is 2. The maximum Gasteiger partial charge on any atom is 0.279 e. The zero-order valence-electron chi connectivity index (χ0n) is 16.0. The molecule has 144 valence electrons. The lowest BCUT2D eigenvalue weighted by atomic mass is 10.1. The molecule has 0 aliphatic rings. The molecule has 1 atom stereocenters. The maximum atomic E-state index is 12.6. The van der Waals surface area contributed by atoms with E-state index >= 15 is 0 Å². The van der Waals surface area contributed by atoms with Crippen molar-refractivity contribution in [1.82, 2.24) is 0 Å². The lowest BCUT2D eigenvalue weighted by molar-refractivity contribution is -0.884. The van der Waals surface area contributed by atoms with Crippen LogP contribution in [-0.4, -0.2) is 25.4 Å². The predicted molar refractivity (Wildman–Crippen MR) is 114 cm³/mol. The van der Waals surface area contributed by atoms with Gasteiger partial charge < -0.3 is 15.5 Å². The normalized spacial score (nSPS) is 11.6. The zero-order valence-corrected chi connectivity index (χ0v) is 16.8. The summed E-state index contributed by atoms with van der Waals surface area (Å²) in [6.07, 6.45) is 0. The molecule has 0 aliphatic heterocycles. The Labute approximate surface area is 169 Å². The fourth-order valence-corrected chi connectivity index (χ4v) is 3.92. The Bertz CT molecular complexity index is 953. The summed E-state index contributed by atoms with van der Waals surface area (Å²) in [6.45, 7) is 3.21. The fourth-order valence-electron chi connectivity index (χ4n) is 2.90. The molecule has 5 nitrogen and oxygen atoms in total. The topological polar surface area (TPSA) is 62.6 Å². The number of carbonyl (C=O) groups is 2. The van der Waals surface area contributed by atoms with Gasteiger partial charge in [-0.15, -0.1) is 11.3 Å². The highest BCUT2D eigenvalue weighted by Crippen LogP contribution is 2.17. The van der Waals surface area contributed by atoms with Crippen LogP contribution >= 0.6 is 11.3 Å². The molecule has 0 bridgehead atoms. The number of likely N-dealkylation sites (N-methyl/N-ethyl adjacent to an activating group) is 1. The molecular formula is C22H24N3O2S+. The Balaban J connectivity index is 1.63. The molecule has 2 aromatic carbocycles. The molecule has 0 spiro atoms. The Morgan fingerprint density at radius 3 is 2.39 bits per heavy atom. The van der Waals surface area contributed by atoms with Crippen molar-refractivity contribution >= 4 is 34.5 Å². The van der Waals surface area contributed by atoms with Crippen LogP contribution in [-0.2, 0) is 11.3 Å². The van der Waals surface area contributed by atoms with Crippen LogP contribution in [0.1, 0.15) is 20.8 Å². The van der Waals surface area contributed by atoms with Gasteiger partial charge in [-0.2, -0.15) is 0 Å². The van der Waals surface area contributed by atoms with Gasteiger partial charge in [-0.1, -0.05) is 30.3 Å². The number of anilines is 2. The second-order valence-electron chi connectivity index (χ2n) is 6.75. The number of amides is 2. The maximum absolute atomic E-state index is 12.6. The van der Waals surface area contributed by atoms with Crippen LogP contribution in [0.25, 0.3) is 0 Å². The van der Waals surface area contributed by atoms with Crippen molar-refractivity contribution in [3.05, 3.63) is 82.0 Å². The van der Waals surface area contributed by atoms with Crippen LogP contribution in [0.15, 0.2) is 66.0 Å². The number of hydrogen-bond acceptors (Lipinski definition) is 3. The van der Waals surface area contributed by atoms with Crippen molar-refractivity contribution in [1.29, 1.82) is 0 Å². The molecule has 0 radical (unpaired) electrons. The molecule has 6 heteroatoms. The number of para-hydroxylation sites is 2. The fraction of sp³-hybridized carbons (Fsp3) is 0.182. The summed E-state index contributed by atoms with van der Waals surface area (Å²) in [4.78, 5) is 27.5. The smallest absolute Gasteiger partial charge is 0.279 e. The number of rotatable bonds is 7. The van der Waals surface area contributed by atoms with Gasteiger partial charge >= 0.3 is 0 Å². The Hall–Kier alpha value is -2.96. The van der Waals surface area contributed by atoms with E-state index in [0.29, 0.717) is 23.5 Å². The van der Waals surface area contributed by atoms with Crippen LogP contribution in [0, 0.1) is 6.92 Å². The van der Waals surface area contributed by atoms with Gasteiger partial charge in [0.2, 0.25) is 0 Å². The molecule has 1 aromatic heterocycles.